The van der Waals surface area contributed by atoms with E-state index in [2.05, 4.69) is 12.1 Å². The summed E-state index contributed by atoms with van der Waals surface area (Å²) in [5.41, 5.74) is 1.11. The maximum Gasteiger partial charge on any atom is 0.169 e. The predicted molar refractivity (Wildman–Crippen MR) is 112 cm³/mol. The third-order valence-corrected chi connectivity index (χ3v) is 7.89. The molecule has 2 spiro atoms. The third kappa shape index (κ3) is 3.65. The Morgan fingerprint density at radius 1 is 0.710 bits per heavy atom. The van der Waals surface area contributed by atoms with Crippen LogP contribution in [0.1, 0.15) is 69.8 Å². The van der Waals surface area contributed by atoms with Crippen LogP contribution in [-0.2, 0) is 30.3 Å². The molecule has 0 amide bonds. The summed E-state index contributed by atoms with van der Waals surface area (Å²) in [4.78, 5) is 0. The Kier molecular flexibility index (Phi) is 5.37. The number of hydrogen-bond donors (Lipinski definition) is 1. The van der Waals surface area contributed by atoms with Crippen molar-refractivity contribution in [2.24, 2.45) is 0 Å². The van der Waals surface area contributed by atoms with E-state index in [4.69, 9.17) is 23.7 Å². The lowest BCUT2D eigenvalue weighted by Crippen LogP contribution is -2.62. The molecule has 1 aromatic carbocycles. The predicted octanol–water partition coefficient (Wildman–Crippen LogP) is 3.84. The second kappa shape index (κ2) is 8.08. The summed E-state index contributed by atoms with van der Waals surface area (Å²) in [5, 5.41) is 11.3. The fourth-order valence-electron chi connectivity index (χ4n) is 6.33. The molecule has 170 valence electrons. The van der Waals surface area contributed by atoms with Gasteiger partial charge in [-0.25, -0.2) is 0 Å². The molecule has 2 heterocycles. The Morgan fingerprint density at radius 3 is 1.71 bits per heavy atom. The molecule has 6 nitrogen and oxygen atoms in total. The second-order valence-corrected chi connectivity index (χ2v) is 10.0. The Bertz CT molecular complexity index is 715. The first-order chi connectivity index (χ1) is 15.2. The fourth-order valence-corrected chi connectivity index (χ4v) is 6.33. The lowest BCUT2D eigenvalue weighted by Gasteiger charge is -2.40. The van der Waals surface area contributed by atoms with Crippen LogP contribution in [0, 0.1) is 0 Å². The smallest absolute Gasteiger partial charge is 0.169 e. The van der Waals surface area contributed by atoms with Gasteiger partial charge in [-0.2, -0.15) is 0 Å². The lowest BCUT2D eigenvalue weighted by atomic mass is 9.85. The van der Waals surface area contributed by atoms with E-state index in [1.807, 2.05) is 18.2 Å². The minimum absolute atomic E-state index is 0.332. The average molecular weight is 431 g/mol. The van der Waals surface area contributed by atoms with Crippen molar-refractivity contribution in [2.75, 3.05) is 0 Å². The molecule has 31 heavy (non-hydrogen) atoms. The highest BCUT2D eigenvalue weighted by molar-refractivity contribution is 5.15. The molecule has 6 rings (SSSR count). The highest BCUT2D eigenvalue weighted by Crippen LogP contribution is 2.51. The molecular weight excluding hydrogens is 396 g/mol. The molecule has 6 heteroatoms. The van der Waals surface area contributed by atoms with Gasteiger partial charge >= 0.3 is 0 Å². The van der Waals surface area contributed by atoms with Crippen molar-refractivity contribution >= 4 is 0 Å². The van der Waals surface area contributed by atoms with Crippen LogP contribution in [0.2, 0.25) is 0 Å². The standard InChI is InChI=1S/C25H34O6/c26-18-19-22(30-24(28-19)12-6-2-7-13-24)21(27-16-17-10-4-1-5-11-17)23-20(18)29-25(31-23)14-8-3-9-15-25/h1,4-5,10-11,18-23,26H,2-3,6-9,12-16H2. The summed E-state index contributed by atoms with van der Waals surface area (Å²) in [5.74, 6) is -1.19. The lowest BCUT2D eigenvalue weighted by molar-refractivity contribution is -0.227. The van der Waals surface area contributed by atoms with Gasteiger partial charge in [-0.3, -0.25) is 0 Å². The Balaban J connectivity index is 1.28. The number of benzene rings is 1. The van der Waals surface area contributed by atoms with Crippen molar-refractivity contribution in [3.63, 3.8) is 0 Å². The van der Waals surface area contributed by atoms with Gasteiger partial charge in [0.25, 0.3) is 0 Å². The molecule has 0 aromatic heterocycles. The van der Waals surface area contributed by atoms with Gasteiger partial charge in [0.2, 0.25) is 0 Å². The normalized spacial score (nSPS) is 40.7. The number of ether oxygens (including phenoxy) is 5. The molecule has 0 bridgehead atoms. The van der Waals surface area contributed by atoms with E-state index in [0.29, 0.717) is 6.61 Å². The van der Waals surface area contributed by atoms with E-state index in [0.717, 1.165) is 56.9 Å². The molecule has 5 fully saturated rings. The van der Waals surface area contributed by atoms with E-state index < -0.39 is 29.9 Å². The van der Waals surface area contributed by atoms with Crippen molar-refractivity contribution in [3.05, 3.63) is 35.9 Å². The number of aliphatic hydroxyl groups excluding tert-OH is 1. The molecule has 3 saturated carbocycles. The van der Waals surface area contributed by atoms with Gasteiger partial charge in [-0.15, -0.1) is 0 Å². The minimum Gasteiger partial charge on any atom is -0.387 e. The van der Waals surface area contributed by atoms with Gasteiger partial charge in [-0.1, -0.05) is 43.2 Å². The van der Waals surface area contributed by atoms with Gasteiger partial charge in [0.05, 0.1) is 6.61 Å². The van der Waals surface area contributed by atoms with Crippen molar-refractivity contribution in [1.82, 2.24) is 0 Å². The first-order valence-corrected chi connectivity index (χ1v) is 12.2. The Morgan fingerprint density at radius 2 is 1.19 bits per heavy atom. The Hall–Kier alpha value is -1.02. The first kappa shape index (κ1) is 20.6. The summed E-state index contributed by atoms with van der Waals surface area (Å²) in [7, 11) is 0. The summed E-state index contributed by atoms with van der Waals surface area (Å²) >= 11 is 0. The molecule has 5 aliphatic rings. The zero-order valence-electron chi connectivity index (χ0n) is 18.1. The summed E-state index contributed by atoms with van der Waals surface area (Å²) in [6.45, 7) is 0.473. The van der Waals surface area contributed by atoms with E-state index in [-0.39, 0.29) is 18.3 Å². The first-order valence-electron chi connectivity index (χ1n) is 12.2. The summed E-state index contributed by atoms with van der Waals surface area (Å²) in [6.07, 6.45) is 7.60. The monoisotopic (exact) mass is 430 g/mol. The van der Waals surface area contributed by atoms with E-state index in [9.17, 15) is 5.11 Å². The van der Waals surface area contributed by atoms with Crippen LogP contribution in [0.15, 0.2) is 30.3 Å². The molecule has 1 N–H and O–H groups in total. The van der Waals surface area contributed by atoms with Crippen LogP contribution in [0.3, 0.4) is 0 Å². The SMILES string of the molecule is OC1C2OC3(CCCCC3)OC2C(OCc2ccccc2)C2OC3(CCCCC3)OC12. The number of aliphatic hydroxyl groups is 1. The molecule has 2 saturated heterocycles. The summed E-state index contributed by atoms with van der Waals surface area (Å²) < 4.78 is 32.7. The molecule has 0 radical (unpaired) electrons. The largest absolute Gasteiger partial charge is 0.387 e. The fraction of sp³-hybridized carbons (Fsp3) is 0.760. The molecule has 4 atom stereocenters. The van der Waals surface area contributed by atoms with Crippen molar-refractivity contribution in [1.29, 1.82) is 0 Å². The van der Waals surface area contributed by atoms with Crippen molar-refractivity contribution < 1.29 is 28.8 Å². The van der Waals surface area contributed by atoms with E-state index in [1.54, 1.807) is 0 Å². The quantitative estimate of drug-likeness (QED) is 0.786. The van der Waals surface area contributed by atoms with Crippen LogP contribution in [0.4, 0.5) is 0 Å². The van der Waals surface area contributed by atoms with Crippen LogP contribution in [0.5, 0.6) is 0 Å². The molecule has 4 unspecified atom stereocenters. The highest BCUT2D eigenvalue weighted by atomic mass is 16.8. The van der Waals surface area contributed by atoms with E-state index in [1.165, 1.54) is 12.8 Å². The van der Waals surface area contributed by atoms with Crippen molar-refractivity contribution in [3.8, 4) is 0 Å². The Labute approximate surface area is 184 Å². The molecule has 1 aromatic rings. The van der Waals surface area contributed by atoms with Gasteiger partial charge in [0.1, 0.15) is 36.6 Å². The van der Waals surface area contributed by atoms with Crippen LogP contribution in [-0.4, -0.2) is 53.3 Å². The highest BCUT2D eigenvalue weighted by Gasteiger charge is 2.66. The van der Waals surface area contributed by atoms with Gasteiger partial charge in [0, 0.05) is 25.7 Å². The molecular formula is C25H34O6. The number of fused-ring (bicyclic) bond motifs is 2. The number of hydrogen-bond acceptors (Lipinski definition) is 6. The summed E-state index contributed by atoms with van der Waals surface area (Å²) in [6, 6.07) is 10.2. The van der Waals surface area contributed by atoms with Gasteiger partial charge < -0.3 is 28.8 Å². The maximum atomic E-state index is 11.3. The average Bonchev–Trinajstić information content (AvgIpc) is 3.35. The van der Waals surface area contributed by atoms with E-state index >= 15 is 0 Å². The van der Waals surface area contributed by atoms with Crippen LogP contribution >= 0.6 is 0 Å². The number of rotatable bonds is 3. The van der Waals surface area contributed by atoms with Crippen LogP contribution in [0.25, 0.3) is 0 Å². The van der Waals surface area contributed by atoms with Gasteiger partial charge in [-0.05, 0) is 31.2 Å². The maximum absolute atomic E-state index is 11.3. The molecule has 3 aliphatic carbocycles. The topological polar surface area (TPSA) is 66.4 Å². The van der Waals surface area contributed by atoms with Crippen molar-refractivity contribution in [2.45, 2.75) is 119 Å². The third-order valence-electron chi connectivity index (χ3n) is 7.89. The molecule has 2 aliphatic heterocycles. The van der Waals surface area contributed by atoms with Gasteiger partial charge in [0.15, 0.2) is 11.6 Å². The van der Waals surface area contributed by atoms with Crippen LogP contribution < -0.4 is 0 Å². The zero-order valence-corrected chi connectivity index (χ0v) is 18.1. The zero-order chi connectivity index (χ0) is 20.9. The minimum atomic E-state index is -0.769. The second-order valence-electron chi connectivity index (χ2n) is 10.0.